The lowest BCUT2D eigenvalue weighted by Gasteiger charge is -2.16. The molecule has 0 unspecified atom stereocenters. The average molecular weight is 493 g/mol. The third-order valence-electron chi connectivity index (χ3n) is 7.57. The molecule has 0 aliphatic heterocycles. The summed E-state index contributed by atoms with van der Waals surface area (Å²) >= 11 is 0. The Morgan fingerprint density at radius 1 is 0.632 bits per heavy atom. The van der Waals surface area contributed by atoms with Gasteiger partial charge in [-0.25, -0.2) is 4.98 Å². The Balaban J connectivity index is 1.45. The van der Waals surface area contributed by atoms with Gasteiger partial charge in [-0.1, -0.05) is 60.7 Å². The van der Waals surface area contributed by atoms with E-state index < -0.39 is 0 Å². The lowest BCUT2D eigenvalue weighted by Crippen LogP contribution is -2.04. The molecule has 2 aromatic heterocycles. The lowest BCUT2D eigenvalue weighted by molar-refractivity contribution is 1.07. The summed E-state index contributed by atoms with van der Waals surface area (Å²) in [6, 6.07) is 39.1. The highest BCUT2D eigenvalue weighted by molar-refractivity contribution is 6.10. The van der Waals surface area contributed by atoms with Gasteiger partial charge in [0.15, 0.2) is 0 Å². The second kappa shape index (κ2) is 8.63. The van der Waals surface area contributed by atoms with Crippen molar-refractivity contribution < 1.29 is 0 Å². The van der Waals surface area contributed by atoms with Gasteiger partial charge in [0.1, 0.15) is 0 Å². The molecule has 0 saturated heterocycles. The largest absolute Gasteiger partial charge is 0.358 e. The highest BCUT2D eigenvalue weighted by Gasteiger charge is 2.17. The molecule has 4 nitrogen and oxygen atoms in total. The van der Waals surface area contributed by atoms with E-state index in [1.165, 1.54) is 49.7 Å². The molecule has 0 spiro atoms. The zero-order valence-electron chi connectivity index (χ0n) is 21.7. The summed E-state index contributed by atoms with van der Waals surface area (Å²) in [5, 5.41) is 5.81. The predicted molar refractivity (Wildman–Crippen MR) is 160 cm³/mol. The minimum atomic E-state index is 0.836. The number of aryl methyl sites for hydroxylation is 1. The van der Waals surface area contributed by atoms with E-state index in [1.54, 1.807) is 0 Å². The molecule has 0 bridgehead atoms. The van der Waals surface area contributed by atoms with Crippen molar-refractivity contribution in [3.63, 3.8) is 0 Å². The fourth-order valence-corrected chi connectivity index (χ4v) is 5.80. The molecule has 0 aliphatic rings. The predicted octanol–water partition coefficient (Wildman–Crippen LogP) is 8.45. The average Bonchev–Trinajstić information content (AvgIpc) is 3.48. The van der Waals surface area contributed by atoms with Crippen LogP contribution in [-0.4, -0.2) is 21.2 Å². The van der Waals surface area contributed by atoms with Crippen molar-refractivity contribution in [1.82, 2.24) is 14.1 Å². The molecule has 7 aromatic rings. The van der Waals surface area contributed by atoms with E-state index in [1.807, 2.05) is 13.1 Å². The topological polar surface area (TPSA) is 34.8 Å². The molecule has 0 radical (unpaired) electrons. The zero-order chi connectivity index (χ0) is 25.8. The van der Waals surface area contributed by atoms with Crippen molar-refractivity contribution in [3.8, 4) is 22.5 Å². The van der Waals surface area contributed by atoms with Crippen molar-refractivity contribution in [3.05, 3.63) is 120 Å². The summed E-state index contributed by atoms with van der Waals surface area (Å²) < 4.78 is 4.60. The maximum atomic E-state index is 4.81. The van der Waals surface area contributed by atoms with Crippen molar-refractivity contribution in [2.24, 2.45) is 0 Å². The first-order valence-electron chi connectivity index (χ1n) is 13.0. The van der Waals surface area contributed by atoms with Crippen LogP contribution in [0.25, 0.3) is 55.3 Å². The number of rotatable bonds is 4. The third kappa shape index (κ3) is 3.34. The molecule has 0 aliphatic carbocycles. The Hall–Kier alpha value is -4.83. The summed E-state index contributed by atoms with van der Waals surface area (Å²) in [6.45, 7) is 4.35. The molecule has 2 heterocycles. The Kier molecular flexibility index (Phi) is 5.08. The molecular weight excluding hydrogens is 464 g/mol. The molecule has 7 rings (SSSR count). The summed E-state index contributed by atoms with van der Waals surface area (Å²) in [4.78, 5) is 4.81. The zero-order valence-corrected chi connectivity index (χ0v) is 21.7. The first kappa shape index (κ1) is 22.4. The van der Waals surface area contributed by atoms with E-state index in [2.05, 4.69) is 131 Å². The van der Waals surface area contributed by atoms with E-state index in [0.717, 1.165) is 22.7 Å². The minimum absolute atomic E-state index is 0.836. The first-order valence-corrected chi connectivity index (χ1v) is 13.0. The highest BCUT2D eigenvalue weighted by Crippen LogP contribution is 2.37. The van der Waals surface area contributed by atoms with Gasteiger partial charge in [0, 0.05) is 23.5 Å². The SMILES string of the molecule is CNc1nc2ccccc2n1-c1cccc(-c2ccc3c(c2)c2ccccc2n3-c2cccc(C)c2)c1C. The monoisotopic (exact) mass is 492 g/mol. The molecule has 0 atom stereocenters. The highest BCUT2D eigenvalue weighted by atomic mass is 15.2. The number of benzene rings is 5. The molecule has 4 heteroatoms. The number of anilines is 1. The number of nitrogens with zero attached hydrogens (tertiary/aromatic N) is 3. The molecule has 38 heavy (non-hydrogen) atoms. The summed E-state index contributed by atoms with van der Waals surface area (Å²) in [6.07, 6.45) is 0. The number of aromatic nitrogens is 3. The molecule has 1 N–H and O–H groups in total. The molecule has 5 aromatic carbocycles. The van der Waals surface area contributed by atoms with Crippen LogP contribution < -0.4 is 5.32 Å². The Bertz CT molecular complexity index is 1990. The molecule has 184 valence electrons. The smallest absolute Gasteiger partial charge is 0.208 e. The van der Waals surface area contributed by atoms with Gasteiger partial charge >= 0.3 is 0 Å². The summed E-state index contributed by atoms with van der Waals surface area (Å²) in [5.74, 6) is 0.836. The fourth-order valence-electron chi connectivity index (χ4n) is 5.80. The van der Waals surface area contributed by atoms with Crippen LogP contribution in [0.4, 0.5) is 5.95 Å². The number of hydrogen-bond donors (Lipinski definition) is 1. The van der Waals surface area contributed by atoms with Crippen LogP contribution in [0.1, 0.15) is 11.1 Å². The van der Waals surface area contributed by atoms with Crippen molar-refractivity contribution in [1.29, 1.82) is 0 Å². The second-order valence-corrected chi connectivity index (χ2v) is 9.88. The van der Waals surface area contributed by atoms with Crippen LogP contribution in [0, 0.1) is 13.8 Å². The van der Waals surface area contributed by atoms with Crippen LogP contribution in [0.2, 0.25) is 0 Å². The van der Waals surface area contributed by atoms with Crippen molar-refractivity contribution in [2.45, 2.75) is 13.8 Å². The molecule has 0 amide bonds. The fraction of sp³-hybridized carbons (Fsp3) is 0.0882. The van der Waals surface area contributed by atoms with Gasteiger partial charge in [-0.2, -0.15) is 0 Å². The number of para-hydroxylation sites is 3. The number of fused-ring (bicyclic) bond motifs is 4. The second-order valence-electron chi connectivity index (χ2n) is 9.88. The maximum Gasteiger partial charge on any atom is 0.208 e. The quantitative estimate of drug-likeness (QED) is 0.267. The van der Waals surface area contributed by atoms with Crippen molar-refractivity contribution >= 4 is 38.8 Å². The van der Waals surface area contributed by atoms with Gasteiger partial charge in [-0.05, 0) is 84.6 Å². The van der Waals surface area contributed by atoms with E-state index in [0.29, 0.717) is 0 Å². The van der Waals surface area contributed by atoms with Gasteiger partial charge in [0.25, 0.3) is 0 Å². The van der Waals surface area contributed by atoms with Crippen LogP contribution in [0.3, 0.4) is 0 Å². The third-order valence-corrected chi connectivity index (χ3v) is 7.57. The summed E-state index contributed by atoms with van der Waals surface area (Å²) in [7, 11) is 1.93. The van der Waals surface area contributed by atoms with Crippen LogP contribution in [0.5, 0.6) is 0 Å². The Labute approximate surface area is 221 Å². The lowest BCUT2D eigenvalue weighted by atomic mass is 9.97. The van der Waals surface area contributed by atoms with E-state index in [4.69, 9.17) is 4.98 Å². The number of nitrogens with one attached hydrogen (secondary N) is 1. The number of hydrogen-bond acceptors (Lipinski definition) is 2. The molecular formula is C34H28N4. The van der Waals surface area contributed by atoms with Crippen LogP contribution in [-0.2, 0) is 0 Å². The molecule has 0 fully saturated rings. The maximum absolute atomic E-state index is 4.81. The van der Waals surface area contributed by atoms with Gasteiger partial charge in [-0.15, -0.1) is 0 Å². The van der Waals surface area contributed by atoms with Gasteiger partial charge in [0.2, 0.25) is 5.95 Å². The Morgan fingerprint density at radius 3 is 2.24 bits per heavy atom. The van der Waals surface area contributed by atoms with E-state index in [9.17, 15) is 0 Å². The molecule has 0 saturated carbocycles. The van der Waals surface area contributed by atoms with Gasteiger partial charge < -0.3 is 9.88 Å². The standard InChI is InChI=1S/C34H28N4/c1-22-10-8-11-25(20-22)37-31-15-6-4-12-27(31)28-21-24(18-19-32(28)37)26-13-9-17-30(23(26)2)38-33-16-7-5-14-29(33)36-34(38)35-3/h4-21H,1-3H3,(H,35,36). The minimum Gasteiger partial charge on any atom is -0.358 e. The van der Waals surface area contributed by atoms with Gasteiger partial charge in [0.05, 0.1) is 27.8 Å². The van der Waals surface area contributed by atoms with Crippen LogP contribution >= 0.6 is 0 Å². The van der Waals surface area contributed by atoms with E-state index in [-0.39, 0.29) is 0 Å². The van der Waals surface area contributed by atoms with Crippen molar-refractivity contribution in [2.75, 3.05) is 12.4 Å². The Morgan fingerprint density at radius 2 is 1.39 bits per heavy atom. The van der Waals surface area contributed by atoms with Gasteiger partial charge in [-0.3, -0.25) is 4.57 Å². The first-order chi connectivity index (χ1) is 18.6. The van der Waals surface area contributed by atoms with Crippen LogP contribution in [0.15, 0.2) is 109 Å². The normalized spacial score (nSPS) is 11.6. The van der Waals surface area contributed by atoms with E-state index >= 15 is 0 Å². The summed E-state index contributed by atoms with van der Waals surface area (Å²) in [5.41, 5.74) is 11.7. The number of imidazole rings is 1.